The lowest BCUT2D eigenvalue weighted by Crippen LogP contribution is -2.14. The first kappa shape index (κ1) is 19.2. The number of nitrogens with zero attached hydrogens (tertiary/aromatic N) is 2. The SMILES string of the molecule is COc1ccc(CC(=O)Nc2ccc(Nc3cc(C)ncn3)cc2)cc1OC. The maximum absolute atomic E-state index is 12.3. The number of methoxy groups -OCH3 is 2. The number of nitrogens with one attached hydrogen (secondary N) is 2. The molecule has 3 aromatic rings. The molecule has 0 saturated carbocycles. The summed E-state index contributed by atoms with van der Waals surface area (Å²) in [4.78, 5) is 20.6. The van der Waals surface area contributed by atoms with E-state index < -0.39 is 0 Å². The molecule has 7 heteroatoms. The molecule has 0 aliphatic heterocycles. The van der Waals surface area contributed by atoms with Gasteiger partial charge < -0.3 is 20.1 Å². The molecule has 7 nitrogen and oxygen atoms in total. The Hall–Kier alpha value is -3.61. The van der Waals surface area contributed by atoms with E-state index in [1.165, 1.54) is 6.33 Å². The predicted molar refractivity (Wildman–Crippen MR) is 108 cm³/mol. The van der Waals surface area contributed by atoms with Gasteiger partial charge in [-0.3, -0.25) is 4.79 Å². The first-order chi connectivity index (χ1) is 13.6. The zero-order valence-electron chi connectivity index (χ0n) is 16.0. The van der Waals surface area contributed by atoms with Crippen molar-refractivity contribution < 1.29 is 14.3 Å². The van der Waals surface area contributed by atoms with Gasteiger partial charge in [0.05, 0.1) is 20.6 Å². The van der Waals surface area contributed by atoms with Crippen molar-refractivity contribution in [3.63, 3.8) is 0 Å². The smallest absolute Gasteiger partial charge is 0.228 e. The third kappa shape index (κ3) is 4.97. The minimum atomic E-state index is -0.112. The van der Waals surface area contributed by atoms with E-state index in [2.05, 4.69) is 20.6 Å². The second kappa shape index (κ2) is 8.85. The average Bonchev–Trinajstić information content (AvgIpc) is 2.69. The fourth-order valence-corrected chi connectivity index (χ4v) is 2.69. The van der Waals surface area contributed by atoms with Crippen molar-refractivity contribution >= 4 is 23.1 Å². The van der Waals surface area contributed by atoms with Crippen LogP contribution in [-0.4, -0.2) is 30.1 Å². The van der Waals surface area contributed by atoms with Crippen molar-refractivity contribution in [2.24, 2.45) is 0 Å². The molecule has 0 bridgehead atoms. The molecule has 0 fully saturated rings. The molecule has 3 rings (SSSR count). The molecule has 0 unspecified atom stereocenters. The van der Waals surface area contributed by atoms with E-state index in [0.29, 0.717) is 11.5 Å². The zero-order chi connectivity index (χ0) is 19.9. The summed E-state index contributed by atoms with van der Waals surface area (Å²) in [6.07, 6.45) is 1.75. The van der Waals surface area contributed by atoms with Gasteiger partial charge in [0.25, 0.3) is 0 Å². The highest BCUT2D eigenvalue weighted by Gasteiger charge is 2.09. The lowest BCUT2D eigenvalue weighted by Gasteiger charge is -2.10. The number of carbonyl (C=O) groups excluding carboxylic acids is 1. The van der Waals surface area contributed by atoms with Crippen molar-refractivity contribution in [2.75, 3.05) is 24.9 Å². The van der Waals surface area contributed by atoms with Gasteiger partial charge in [0, 0.05) is 23.1 Å². The first-order valence-corrected chi connectivity index (χ1v) is 8.74. The first-order valence-electron chi connectivity index (χ1n) is 8.74. The van der Waals surface area contributed by atoms with Crippen molar-refractivity contribution in [3.05, 3.63) is 66.1 Å². The van der Waals surface area contributed by atoms with Gasteiger partial charge in [-0.15, -0.1) is 0 Å². The number of hydrogen-bond donors (Lipinski definition) is 2. The van der Waals surface area contributed by atoms with Crippen LogP contribution in [0.2, 0.25) is 0 Å². The second-order valence-corrected chi connectivity index (χ2v) is 6.16. The number of anilines is 3. The van der Waals surface area contributed by atoms with Gasteiger partial charge in [-0.25, -0.2) is 9.97 Å². The van der Waals surface area contributed by atoms with E-state index in [4.69, 9.17) is 9.47 Å². The third-order valence-electron chi connectivity index (χ3n) is 4.06. The van der Waals surface area contributed by atoms with E-state index in [1.807, 2.05) is 43.3 Å². The Balaban J connectivity index is 1.60. The average molecular weight is 378 g/mol. The normalized spacial score (nSPS) is 10.2. The van der Waals surface area contributed by atoms with E-state index >= 15 is 0 Å². The summed E-state index contributed by atoms with van der Waals surface area (Å²) in [7, 11) is 3.15. The number of ether oxygens (including phenoxy) is 2. The number of carbonyl (C=O) groups is 1. The minimum absolute atomic E-state index is 0.112. The number of benzene rings is 2. The van der Waals surface area contributed by atoms with Crippen LogP contribution >= 0.6 is 0 Å². The van der Waals surface area contributed by atoms with Crippen LogP contribution in [0.5, 0.6) is 11.5 Å². The zero-order valence-corrected chi connectivity index (χ0v) is 16.0. The van der Waals surface area contributed by atoms with Crippen LogP contribution in [0.25, 0.3) is 0 Å². The maximum Gasteiger partial charge on any atom is 0.228 e. The van der Waals surface area contributed by atoms with Gasteiger partial charge in [-0.2, -0.15) is 0 Å². The van der Waals surface area contributed by atoms with Gasteiger partial charge >= 0.3 is 0 Å². The topological polar surface area (TPSA) is 85.4 Å². The Bertz CT molecular complexity index is 958. The maximum atomic E-state index is 12.3. The summed E-state index contributed by atoms with van der Waals surface area (Å²) >= 11 is 0. The predicted octanol–water partition coefficient (Wildman–Crippen LogP) is 3.73. The Kier molecular flexibility index (Phi) is 6.06. The molecule has 0 aliphatic rings. The number of amides is 1. The standard InChI is InChI=1S/C21H22N4O3/c1-14-10-20(23-13-22-14)24-16-5-7-17(8-6-16)25-21(26)12-15-4-9-18(27-2)19(11-15)28-3/h4-11,13H,12H2,1-3H3,(H,25,26)(H,22,23,24). The van der Waals surface area contributed by atoms with Crippen LogP contribution in [0.3, 0.4) is 0 Å². The van der Waals surface area contributed by atoms with Crippen LogP contribution in [0.4, 0.5) is 17.2 Å². The van der Waals surface area contributed by atoms with Gasteiger partial charge in [0.15, 0.2) is 11.5 Å². The molecule has 2 aromatic carbocycles. The molecular weight excluding hydrogens is 356 g/mol. The molecule has 0 spiro atoms. The van der Waals surface area contributed by atoms with Crippen LogP contribution in [0.1, 0.15) is 11.3 Å². The highest BCUT2D eigenvalue weighted by molar-refractivity contribution is 5.92. The molecule has 1 amide bonds. The van der Waals surface area contributed by atoms with Crippen molar-refractivity contribution in [1.82, 2.24) is 9.97 Å². The largest absolute Gasteiger partial charge is 0.493 e. The molecule has 144 valence electrons. The lowest BCUT2D eigenvalue weighted by molar-refractivity contribution is -0.115. The van der Waals surface area contributed by atoms with Gasteiger partial charge in [-0.05, 0) is 48.9 Å². The lowest BCUT2D eigenvalue weighted by atomic mass is 10.1. The fourth-order valence-electron chi connectivity index (χ4n) is 2.69. The molecule has 28 heavy (non-hydrogen) atoms. The van der Waals surface area contributed by atoms with Crippen LogP contribution in [0, 0.1) is 6.92 Å². The monoisotopic (exact) mass is 378 g/mol. The number of aromatic nitrogens is 2. The van der Waals surface area contributed by atoms with Gasteiger partial charge in [0.1, 0.15) is 12.1 Å². The summed E-state index contributed by atoms with van der Waals surface area (Å²) in [6.45, 7) is 1.91. The summed E-state index contributed by atoms with van der Waals surface area (Å²) in [5.74, 6) is 1.84. The molecule has 2 N–H and O–H groups in total. The highest BCUT2D eigenvalue weighted by Crippen LogP contribution is 2.27. The third-order valence-corrected chi connectivity index (χ3v) is 4.06. The van der Waals surface area contributed by atoms with E-state index in [1.54, 1.807) is 26.4 Å². The van der Waals surface area contributed by atoms with Crippen LogP contribution in [0.15, 0.2) is 54.9 Å². The Morgan fingerprint density at radius 2 is 1.64 bits per heavy atom. The molecule has 1 heterocycles. The van der Waals surface area contributed by atoms with Crippen molar-refractivity contribution in [2.45, 2.75) is 13.3 Å². The molecular formula is C21H22N4O3. The van der Waals surface area contributed by atoms with Crippen molar-refractivity contribution in [1.29, 1.82) is 0 Å². The quantitative estimate of drug-likeness (QED) is 0.652. The summed E-state index contributed by atoms with van der Waals surface area (Å²) in [6, 6.07) is 14.7. The Labute approximate surface area is 163 Å². The fraction of sp³-hybridized carbons (Fsp3) is 0.190. The molecule has 0 saturated heterocycles. The van der Waals surface area contributed by atoms with E-state index in [-0.39, 0.29) is 12.3 Å². The highest BCUT2D eigenvalue weighted by atomic mass is 16.5. The Morgan fingerprint density at radius 1 is 0.929 bits per heavy atom. The van der Waals surface area contributed by atoms with Gasteiger partial charge in [-0.1, -0.05) is 6.07 Å². The number of hydrogen-bond acceptors (Lipinski definition) is 6. The van der Waals surface area contributed by atoms with Crippen molar-refractivity contribution in [3.8, 4) is 11.5 Å². The molecule has 0 radical (unpaired) electrons. The number of rotatable bonds is 7. The molecule has 0 aliphatic carbocycles. The molecule has 1 aromatic heterocycles. The summed E-state index contributed by atoms with van der Waals surface area (Å²) in [5.41, 5.74) is 3.31. The summed E-state index contributed by atoms with van der Waals surface area (Å²) in [5, 5.41) is 6.09. The van der Waals surface area contributed by atoms with Gasteiger partial charge in [0.2, 0.25) is 5.91 Å². The minimum Gasteiger partial charge on any atom is -0.493 e. The molecule has 0 atom stereocenters. The van der Waals surface area contributed by atoms with Crippen LogP contribution in [-0.2, 0) is 11.2 Å². The van der Waals surface area contributed by atoms with Crippen LogP contribution < -0.4 is 20.1 Å². The van der Waals surface area contributed by atoms with E-state index in [0.717, 1.165) is 28.5 Å². The number of aryl methyl sites for hydroxylation is 1. The Morgan fingerprint density at radius 3 is 2.32 bits per heavy atom. The summed E-state index contributed by atoms with van der Waals surface area (Å²) < 4.78 is 10.5. The van der Waals surface area contributed by atoms with E-state index in [9.17, 15) is 4.79 Å². The second-order valence-electron chi connectivity index (χ2n) is 6.16.